The fraction of sp³-hybridized carbons (Fsp3) is 0. The van der Waals surface area contributed by atoms with Gasteiger partial charge in [0.05, 0.1) is 11.4 Å². The zero-order valence-corrected chi connectivity index (χ0v) is 27.3. The van der Waals surface area contributed by atoms with Crippen molar-refractivity contribution in [3.8, 4) is 22.5 Å². The molecule has 0 unspecified atom stereocenters. The quantitative estimate of drug-likeness (QED) is 0.175. The Hall–Kier alpha value is -6.64. The first kappa shape index (κ1) is 28.4. The zero-order chi connectivity index (χ0) is 33.0. The van der Waals surface area contributed by atoms with Crippen LogP contribution in [-0.2, 0) is 0 Å². The van der Waals surface area contributed by atoms with Crippen LogP contribution >= 0.6 is 0 Å². The van der Waals surface area contributed by atoms with Crippen molar-refractivity contribution in [2.75, 3.05) is 4.90 Å². The predicted octanol–water partition coefficient (Wildman–Crippen LogP) is 13.8. The first-order valence-corrected chi connectivity index (χ1v) is 17.1. The van der Waals surface area contributed by atoms with Gasteiger partial charge >= 0.3 is 0 Å². The minimum absolute atomic E-state index is 0.875. The molecule has 0 aliphatic carbocycles. The molecule has 2 heteroatoms. The van der Waals surface area contributed by atoms with Gasteiger partial charge in [-0.05, 0) is 85.9 Å². The van der Waals surface area contributed by atoms with Gasteiger partial charge in [0.25, 0.3) is 0 Å². The second-order valence-electron chi connectivity index (χ2n) is 12.9. The molecule has 0 aliphatic rings. The van der Waals surface area contributed by atoms with Gasteiger partial charge in [-0.1, -0.05) is 146 Å². The van der Waals surface area contributed by atoms with E-state index in [1.165, 1.54) is 48.7 Å². The van der Waals surface area contributed by atoms with Crippen LogP contribution in [-0.4, -0.2) is 0 Å². The topological polar surface area (TPSA) is 16.4 Å². The Kier molecular flexibility index (Phi) is 6.53. The molecular weight excluding hydrogens is 607 g/mol. The molecule has 234 valence electrons. The first-order chi connectivity index (χ1) is 24.8. The van der Waals surface area contributed by atoms with Crippen molar-refractivity contribution in [1.29, 1.82) is 0 Å². The summed E-state index contributed by atoms with van der Waals surface area (Å²) < 4.78 is 6.27. The van der Waals surface area contributed by atoms with Crippen LogP contribution in [0.25, 0.3) is 76.5 Å². The largest absolute Gasteiger partial charge is 0.456 e. The van der Waals surface area contributed by atoms with Crippen molar-refractivity contribution in [3.63, 3.8) is 0 Å². The van der Waals surface area contributed by atoms with E-state index >= 15 is 0 Å². The van der Waals surface area contributed by atoms with Crippen LogP contribution in [0.2, 0.25) is 0 Å². The van der Waals surface area contributed by atoms with Gasteiger partial charge in [0.2, 0.25) is 0 Å². The van der Waals surface area contributed by atoms with Crippen molar-refractivity contribution in [2.45, 2.75) is 0 Å². The van der Waals surface area contributed by atoms with Gasteiger partial charge in [-0.15, -0.1) is 0 Å². The molecule has 0 atom stereocenters. The molecule has 0 spiro atoms. The monoisotopic (exact) mass is 637 g/mol. The summed E-state index contributed by atoms with van der Waals surface area (Å²) in [5, 5.41) is 10.9. The molecule has 0 saturated heterocycles. The molecule has 0 N–H and O–H groups in total. The average Bonchev–Trinajstić information content (AvgIpc) is 3.63. The van der Waals surface area contributed by atoms with E-state index in [1.807, 2.05) is 18.2 Å². The molecule has 2 nitrogen and oxygen atoms in total. The second-order valence-corrected chi connectivity index (χ2v) is 12.9. The van der Waals surface area contributed by atoms with Gasteiger partial charge in [-0.3, -0.25) is 0 Å². The number of hydrogen-bond acceptors (Lipinski definition) is 2. The standard InChI is InChI=1S/C48H31NO/c1-2-13-33-29-38(25-24-32(33)12-1)49(46-30-35-14-3-5-18-39(35)41-19-7-9-22-44(41)46)45-27-26-40(42-20-6-8-21-43(42)45)34-16-11-17-36(28-34)48-31-37-15-4-10-23-47(37)50-48/h1-31H. The molecule has 10 aromatic rings. The Bertz CT molecular complexity index is 2860. The van der Waals surface area contributed by atoms with Crippen LogP contribution < -0.4 is 4.90 Å². The Morgan fingerprint density at radius 2 is 0.980 bits per heavy atom. The maximum atomic E-state index is 6.27. The molecule has 50 heavy (non-hydrogen) atoms. The van der Waals surface area contributed by atoms with Crippen molar-refractivity contribution in [1.82, 2.24) is 0 Å². The third-order valence-electron chi connectivity index (χ3n) is 10.0. The number of nitrogens with zero attached hydrogens (tertiary/aromatic N) is 1. The van der Waals surface area contributed by atoms with Crippen LogP contribution in [0.4, 0.5) is 17.1 Å². The van der Waals surface area contributed by atoms with Crippen LogP contribution in [0.15, 0.2) is 192 Å². The molecule has 9 aromatic carbocycles. The highest BCUT2D eigenvalue weighted by atomic mass is 16.3. The number of rotatable bonds is 5. The summed E-state index contributed by atoms with van der Waals surface area (Å²) in [7, 11) is 0. The number of para-hydroxylation sites is 1. The fourth-order valence-electron chi connectivity index (χ4n) is 7.64. The summed E-state index contributed by atoms with van der Waals surface area (Å²) in [6.45, 7) is 0. The van der Waals surface area contributed by atoms with Crippen LogP contribution in [0.5, 0.6) is 0 Å². The number of anilines is 3. The molecule has 1 heterocycles. The summed E-state index contributed by atoms with van der Waals surface area (Å²) in [5.41, 5.74) is 7.70. The molecule has 0 saturated carbocycles. The van der Waals surface area contributed by atoms with E-state index in [4.69, 9.17) is 4.42 Å². The van der Waals surface area contributed by atoms with Crippen molar-refractivity contribution in [3.05, 3.63) is 188 Å². The minimum Gasteiger partial charge on any atom is -0.456 e. The number of furan rings is 1. The fourth-order valence-corrected chi connectivity index (χ4v) is 7.64. The molecule has 0 fully saturated rings. The highest BCUT2D eigenvalue weighted by Crippen LogP contribution is 2.46. The number of fused-ring (bicyclic) bond motifs is 6. The van der Waals surface area contributed by atoms with Gasteiger partial charge in [0.15, 0.2) is 0 Å². The summed E-state index contributed by atoms with van der Waals surface area (Å²) in [6, 6.07) is 67.7. The molecule has 0 amide bonds. The third kappa shape index (κ3) is 4.65. The van der Waals surface area contributed by atoms with E-state index in [1.54, 1.807) is 0 Å². The lowest BCUT2D eigenvalue weighted by Gasteiger charge is -2.29. The first-order valence-electron chi connectivity index (χ1n) is 17.1. The maximum absolute atomic E-state index is 6.27. The third-order valence-corrected chi connectivity index (χ3v) is 10.0. The second kappa shape index (κ2) is 11.5. The predicted molar refractivity (Wildman–Crippen MR) is 212 cm³/mol. The van der Waals surface area contributed by atoms with Gasteiger partial charge in [0.1, 0.15) is 11.3 Å². The number of benzene rings is 9. The van der Waals surface area contributed by atoms with Crippen molar-refractivity contribution in [2.24, 2.45) is 0 Å². The summed E-state index contributed by atoms with van der Waals surface area (Å²) in [4.78, 5) is 2.46. The van der Waals surface area contributed by atoms with Crippen LogP contribution in [0.1, 0.15) is 0 Å². The lowest BCUT2D eigenvalue weighted by atomic mass is 9.94. The highest BCUT2D eigenvalue weighted by molar-refractivity contribution is 6.16. The smallest absolute Gasteiger partial charge is 0.135 e. The van der Waals surface area contributed by atoms with Crippen LogP contribution in [0.3, 0.4) is 0 Å². The molecule has 10 rings (SSSR count). The summed E-state index contributed by atoms with van der Waals surface area (Å²) >= 11 is 0. The normalized spacial score (nSPS) is 11.6. The number of hydrogen-bond donors (Lipinski definition) is 0. The highest BCUT2D eigenvalue weighted by Gasteiger charge is 2.21. The van der Waals surface area contributed by atoms with Crippen molar-refractivity contribution < 1.29 is 4.42 Å². The van der Waals surface area contributed by atoms with Gasteiger partial charge in [-0.25, -0.2) is 0 Å². The van der Waals surface area contributed by atoms with E-state index in [0.29, 0.717) is 0 Å². The van der Waals surface area contributed by atoms with E-state index in [9.17, 15) is 0 Å². The summed E-state index contributed by atoms with van der Waals surface area (Å²) in [5.74, 6) is 0.875. The van der Waals surface area contributed by atoms with Crippen LogP contribution in [0, 0.1) is 0 Å². The Morgan fingerprint density at radius 1 is 0.340 bits per heavy atom. The molecule has 0 aliphatic heterocycles. The van der Waals surface area contributed by atoms with E-state index < -0.39 is 0 Å². The minimum atomic E-state index is 0.875. The van der Waals surface area contributed by atoms with Gasteiger partial charge in [0, 0.05) is 27.4 Å². The lowest BCUT2D eigenvalue weighted by molar-refractivity contribution is 0.631. The Balaban J connectivity index is 1.21. The SMILES string of the molecule is c1cc(-c2cc3ccccc3o2)cc(-c2ccc(N(c3ccc4ccccc4c3)c3cc4ccccc4c4ccccc34)c3ccccc23)c1. The van der Waals surface area contributed by atoms with Gasteiger partial charge < -0.3 is 9.32 Å². The molecule has 0 radical (unpaired) electrons. The van der Waals surface area contributed by atoms with Gasteiger partial charge in [-0.2, -0.15) is 0 Å². The Morgan fingerprint density at radius 3 is 1.80 bits per heavy atom. The Labute approximate surface area is 290 Å². The van der Waals surface area contributed by atoms with E-state index in [0.717, 1.165) is 44.9 Å². The molecular formula is C48H31NO. The maximum Gasteiger partial charge on any atom is 0.135 e. The average molecular weight is 638 g/mol. The van der Waals surface area contributed by atoms with Crippen molar-refractivity contribution >= 4 is 71.1 Å². The zero-order valence-electron chi connectivity index (χ0n) is 27.3. The van der Waals surface area contributed by atoms with E-state index in [-0.39, 0.29) is 0 Å². The lowest BCUT2D eigenvalue weighted by Crippen LogP contribution is -2.11. The molecule has 1 aromatic heterocycles. The molecule has 0 bridgehead atoms. The van der Waals surface area contributed by atoms with E-state index in [2.05, 4.69) is 175 Å². The summed E-state index contributed by atoms with van der Waals surface area (Å²) in [6.07, 6.45) is 0.